The van der Waals surface area contributed by atoms with E-state index in [1.807, 2.05) is 37.3 Å². The van der Waals surface area contributed by atoms with Crippen LogP contribution in [0.2, 0.25) is 0 Å². The Hall–Kier alpha value is -2.25. The monoisotopic (exact) mass is 210 g/mol. The Morgan fingerprint density at radius 3 is 2.62 bits per heavy atom. The molecular weight excluding hydrogens is 200 g/mol. The molecule has 16 heavy (non-hydrogen) atoms. The lowest BCUT2D eigenvalue weighted by Crippen LogP contribution is -1.85. The quantitative estimate of drug-likeness (QED) is 0.564. The van der Waals surface area contributed by atoms with Gasteiger partial charge < -0.3 is 0 Å². The number of hydrogen-bond acceptors (Lipinski definition) is 3. The summed E-state index contributed by atoms with van der Waals surface area (Å²) >= 11 is 0. The maximum atomic E-state index is 10.1. The summed E-state index contributed by atoms with van der Waals surface area (Å²) in [5.74, 6) is 0. The van der Waals surface area contributed by atoms with Gasteiger partial charge >= 0.3 is 0 Å². The van der Waals surface area contributed by atoms with Gasteiger partial charge in [-0.05, 0) is 24.6 Å². The zero-order valence-electron chi connectivity index (χ0n) is 8.84. The number of benzene rings is 1. The number of pyridine rings is 1. The van der Waals surface area contributed by atoms with Crippen molar-refractivity contribution in [2.75, 3.05) is 0 Å². The lowest BCUT2D eigenvalue weighted by atomic mass is 10.1. The number of nitrogens with zero attached hydrogens (tertiary/aromatic N) is 2. The summed E-state index contributed by atoms with van der Waals surface area (Å²) < 4.78 is 0. The van der Waals surface area contributed by atoms with E-state index in [0.29, 0.717) is 5.69 Å². The molecule has 3 heteroatoms. The molecule has 0 amide bonds. The summed E-state index contributed by atoms with van der Waals surface area (Å²) in [7, 11) is 0. The molecule has 1 aromatic carbocycles. The molecule has 0 saturated heterocycles. The minimum Gasteiger partial charge on any atom is -0.254 e. The van der Waals surface area contributed by atoms with Gasteiger partial charge in [-0.2, -0.15) is 4.99 Å². The molecule has 0 aliphatic rings. The van der Waals surface area contributed by atoms with Crippen LogP contribution in [0.25, 0.3) is 11.3 Å². The Morgan fingerprint density at radius 1 is 1.19 bits per heavy atom. The zero-order chi connectivity index (χ0) is 11.4. The molecule has 78 valence electrons. The van der Waals surface area contributed by atoms with E-state index in [2.05, 4.69) is 9.98 Å². The number of aromatic nitrogens is 1. The van der Waals surface area contributed by atoms with E-state index in [1.54, 1.807) is 12.3 Å². The summed E-state index contributed by atoms with van der Waals surface area (Å²) in [6, 6.07) is 11.6. The Balaban J connectivity index is 2.42. The standard InChI is InChI=1S/C13H10N2O/c1-10-4-2-3-5-12(10)13-7-6-11(8-14-13)15-9-16/h2-8H,1H3. The second kappa shape index (κ2) is 4.51. The minimum atomic E-state index is 0.521. The van der Waals surface area contributed by atoms with E-state index in [-0.39, 0.29) is 0 Å². The Kier molecular flexibility index (Phi) is 2.90. The average Bonchev–Trinajstić information content (AvgIpc) is 2.31. The molecule has 0 fully saturated rings. The van der Waals surface area contributed by atoms with Gasteiger partial charge in [-0.15, -0.1) is 0 Å². The van der Waals surface area contributed by atoms with Gasteiger partial charge in [0.15, 0.2) is 0 Å². The number of carbonyl (C=O) groups excluding carboxylic acids is 1. The molecule has 2 rings (SSSR count). The highest BCUT2D eigenvalue weighted by atomic mass is 16.1. The van der Waals surface area contributed by atoms with Crippen molar-refractivity contribution in [3.05, 3.63) is 48.2 Å². The van der Waals surface area contributed by atoms with E-state index in [0.717, 1.165) is 11.3 Å². The normalized spacial score (nSPS) is 9.56. The van der Waals surface area contributed by atoms with Gasteiger partial charge in [0.25, 0.3) is 0 Å². The Bertz CT molecular complexity index is 540. The molecule has 0 saturated carbocycles. The third kappa shape index (κ3) is 2.05. The van der Waals surface area contributed by atoms with E-state index < -0.39 is 0 Å². The van der Waals surface area contributed by atoms with Crippen LogP contribution in [0.5, 0.6) is 0 Å². The molecule has 0 spiro atoms. The lowest BCUT2D eigenvalue weighted by Gasteiger charge is -2.04. The van der Waals surface area contributed by atoms with Gasteiger partial charge in [0, 0.05) is 5.56 Å². The average molecular weight is 210 g/mol. The highest BCUT2D eigenvalue weighted by molar-refractivity contribution is 5.64. The molecule has 0 bridgehead atoms. The molecule has 0 atom stereocenters. The topological polar surface area (TPSA) is 42.3 Å². The van der Waals surface area contributed by atoms with Crippen molar-refractivity contribution in [1.29, 1.82) is 0 Å². The first-order valence-corrected chi connectivity index (χ1v) is 4.91. The van der Waals surface area contributed by atoms with Crippen molar-refractivity contribution in [1.82, 2.24) is 4.98 Å². The Morgan fingerprint density at radius 2 is 2.00 bits per heavy atom. The van der Waals surface area contributed by atoms with E-state index in [1.165, 1.54) is 11.6 Å². The SMILES string of the molecule is Cc1ccccc1-c1ccc(N=C=O)cn1. The minimum absolute atomic E-state index is 0.521. The van der Waals surface area contributed by atoms with Gasteiger partial charge in [0.2, 0.25) is 6.08 Å². The second-order valence-electron chi connectivity index (χ2n) is 3.42. The molecule has 0 unspecified atom stereocenters. The van der Waals surface area contributed by atoms with Crippen LogP contribution in [-0.2, 0) is 4.79 Å². The summed E-state index contributed by atoms with van der Waals surface area (Å²) in [5.41, 5.74) is 3.65. The van der Waals surface area contributed by atoms with Crippen LogP contribution in [0, 0.1) is 6.92 Å². The lowest BCUT2D eigenvalue weighted by molar-refractivity contribution is 0.565. The maximum Gasteiger partial charge on any atom is 0.240 e. The van der Waals surface area contributed by atoms with Crippen molar-refractivity contribution < 1.29 is 4.79 Å². The van der Waals surface area contributed by atoms with Crippen LogP contribution in [0.3, 0.4) is 0 Å². The molecular formula is C13H10N2O. The number of rotatable bonds is 2. The van der Waals surface area contributed by atoms with Crippen LogP contribution < -0.4 is 0 Å². The van der Waals surface area contributed by atoms with E-state index in [4.69, 9.17) is 0 Å². The third-order valence-electron chi connectivity index (χ3n) is 2.34. The summed E-state index contributed by atoms with van der Waals surface area (Å²) in [6.07, 6.45) is 3.05. The number of aryl methyl sites for hydroxylation is 1. The van der Waals surface area contributed by atoms with Gasteiger partial charge in [-0.1, -0.05) is 24.3 Å². The first-order chi connectivity index (χ1) is 7.81. The molecule has 2 aromatic rings. The smallest absolute Gasteiger partial charge is 0.240 e. The number of isocyanates is 1. The first kappa shape index (κ1) is 10.3. The van der Waals surface area contributed by atoms with Crippen LogP contribution >= 0.6 is 0 Å². The van der Waals surface area contributed by atoms with Gasteiger partial charge in [0.1, 0.15) is 0 Å². The van der Waals surface area contributed by atoms with Crippen molar-refractivity contribution >= 4 is 11.8 Å². The number of aliphatic imine (C=N–C) groups is 1. The van der Waals surface area contributed by atoms with Crippen molar-refractivity contribution in [3.63, 3.8) is 0 Å². The third-order valence-corrected chi connectivity index (χ3v) is 2.34. The zero-order valence-corrected chi connectivity index (χ0v) is 8.84. The van der Waals surface area contributed by atoms with Crippen LogP contribution in [0.1, 0.15) is 5.56 Å². The predicted octanol–water partition coefficient (Wildman–Crippen LogP) is 3.02. The van der Waals surface area contributed by atoms with Gasteiger partial charge in [-0.3, -0.25) is 4.98 Å². The summed E-state index contributed by atoms with van der Waals surface area (Å²) in [6.45, 7) is 2.04. The second-order valence-corrected chi connectivity index (χ2v) is 3.42. The van der Waals surface area contributed by atoms with E-state index in [9.17, 15) is 4.79 Å². The number of hydrogen-bond donors (Lipinski definition) is 0. The van der Waals surface area contributed by atoms with Crippen molar-refractivity contribution in [2.24, 2.45) is 4.99 Å². The largest absolute Gasteiger partial charge is 0.254 e. The molecule has 0 aliphatic heterocycles. The fraction of sp³-hybridized carbons (Fsp3) is 0.0769. The Labute approximate surface area is 93.5 Å². The molecule has 0 radical (unpaired) electrons. The van der Waals surface area contributed by atoms with Crippen LogP contribution in [0.4, 0.5) is 5.69 Å². The van der Waals surface area contributed by atoms with Gasteiger partial charge in [-0.25, -0.2) is 4.79 Å². The highest BCUT2D eigenvalue weighted by Gasteiger charge is 2.01. The molecule has 0 aliphatic carbocycles. The van der Waals surface area contributed by atoms with Crippen molar-refractivity contribution in [3.8, 4) is 11.3 Å². The molecule has 3 nitrogen and oxygen atoms in total. The van der Waals surface area contributed by atoms with E-state index >= 15 is 0 Å². The molecule has 0 N–H and O–H groups in total. The van der Waals surface area contributed by atoms with Gasteiger partial charge in [0.05, 0.1) is 17.6 Å². The van der Waals surface area contributed by atoms with Crippen molar-refractivity contribution in [2.45, 2.75) is 6.92 Å². The summed E-state index contributed by atoms with van der Waals surface area (Å²) in [5, 5.41) is 0. The van der Waals surface area contributed by atoms with Crippen LogP contribution in [0.15, 0.2) is 47.6 Å². The maximum absolute atomic E-state index is 10.1. The first-order valence-electron chi connectivity index (χ1n) is 4.91. The summed E-state index contributed by atoms with van der Waals surface area (Å²) in [4.78, 5) is 17.8. The predicted molar refractivity (Wildman–Crippen MR) is 62.2 cm³/mol. The fourth-order valence-electron chi connectivity index (χ4n) is 1.52. The highest BCUT2D eigenvalue weighted by Crippen LogP contribution is 2.22. The van der Waals surface area contributed by atoms with Crippen LogP contribution in [-0.4, -0.2) is 11.1 Å². The molecule has 1 aromatic heterocycles. The fourth-order valence-corrected chi connectivity index (χ4v) is 1.52. The molecule has 1 heterocycles.